The van der Waals surface area contributed by atoms with Crippen LogP contribution in [0.1, 0.15) is 18.4 Å². The Labute approximate surface area is 119 Å². The second kappa shape index (κ2) is 7.40. The van der Waals surface area contributed by atoms with Crippen LogP contribution in [0.25, 0.3) is 6.08 Å². The Balaban J connectivity index is 3.08. The predicted octanol–water partition coefficient (Wildman–Crippen LogP) is 2.65. The maximum Gasteiger partial charge on any atom is 0.339 e. The number of nitro benzene ring substituents is 1. The standard InChI is InChI=1S/C13H12ClNO5/c14-6-2-5-12(16)11(13(17)18)8-9-3-1-4-10(7-9)15(19)20/h1,3-4,7-8H,2,5-6H2,(H,17,18)/b11-8+. The van der Waals surface area contributed by atoms with Crippen molar-refractivity contribution in [1.82, 2.24) is 0 Å². The Hall–Kier alpha value is -2.21. The molecule has 1 rings (SSSR count). The fourth-order valence-electron chi connectivity index (χ4n) is 1.52. The minimum atomic E-state index is -1.36. The van der Waals surface area contributed by atoms with Gasteiger partial charge in [-0.3, -0.25) is 14.9 Å². The molecule has 6 nitrogen and oxygen atoms in total. The van der Waals surface area contributed by atoms with E-state index in [0.29, 0.717) is 6.42 Å². The van der Waals surface area contributed by atoms with Crippen molar-refractivity contribution >= 4 is 35.1 Å². The number of non-ortho nitro benzene ring substituents is 1. The molecule has 0 fully saturated rings. The number of rotatable bonds is 7. The number of ketones is 1. The number of aliphatic carboxylic acids is 1. The van der Waals surface area contributed by atoms with Crippen LogP contribution in [0.5, 0.6) is 0 Å². The van der Waals surface area contributed by atoms with E-state index < -0.39 is 22.2 Å². The first-order chi connectivity index (χ1) is 9.45. The predicted molar refractivity (Wildman–Crippen MR) is 73.7 cm³/mol. The van der Waals surface area contributed by atoms with Gasteiger partial charge in [0.15, 0.2) is 5.78 Å². The first-order valence-corrected chi connectivity index (χ1v) is 6.27. The smallest absolute Gasteiger partial charge is 0.339 e. The van der Waals surface area contributed by atoms with Gasteiger partial charge in [-0.1, -0.05) is 12.1 Å². The molecular formula is C13H12ClNO5. The first kappa shape index (κ1) is 15.8. The summed E-state index contributed by atoms with van der Waals surface area (Å²) in [6.07, 6.45) is 1.53. The molecule has 0 atom stereocenters. The maximum absolute atomic E-state index is 11.7. The van der Waals surface area contributed by atoms with Crippen molar-refractivity contribution < 1.29 is 19.6 Å². The summed E-state index contributed by atoms with van der Waals surface area (Å²) in [5, 5.41) is 19.7. The summed E-state index contributed by atoms with van der Waals surface area (Å²) in [4.78, 5) is 32.8. The van der Waals surface area contributed by atoms with E-state index in [4.69, 9.17) is 16.7 Å². The molecule has 0 aliphatic carbocycles. The van der Waals surface area contributed by atoms with Crippen LogP contribution in [0.3, 0.4) is 0 Å². The molecule has 0 bridgehead atoms. The van der Waals surface area contributed by atoms with Crippen LogP contribution in [0.4, 0.5) is 5.69 Å². The number of nitro groups is 1. The van der Waals surface area contributed by atoms with Gasteiger partial charge in [-0.15, -0.1) is 11.6 Å². The highest BCUT2D eigenvalue weighted by Gasteiger charge is 2.17. The molecule has 0 aliphatic heterocycles. The SMILES string of the molecule is O=C(O)/C(=C/c1cccc([N+](=O)[O-])c1)C(=O)CCCCl. The fraction of sp³-hybridized carbons (Fsp3) is 0.231. The topological polar surface area (TPSA) is 97.5 Å². The van der Waals surface area contributed by atoms with Gasteiger partial charge in [0.1, 0.15) is 5.57 Å². The van der Waals surface area contributed by atoms with E-state index in [-0.39, 0.29) is 23.6 Å². The number of carbonyl (C=O) groups excluding carboxylic acids is 1. The average molecular weight is 298 g/mol. The minimum absolute atomic E-state index is 0.0244. The number of alkyl halides is 1. The Morgan fingerprint density at radius 1 is 1.40 bits per heavy atom. The van der Waals surface area contributed by atoms with Crippen molar-refractivity contribution in [3.63, 3.8) is 0 Å². The molecule has 0 spiro atoms. The van der Waals surface area contributed by atoms with Crippen molar-refractivity contribution in [3.8, 4) is 0 Å². The average Bonchev–Trinajstić information content (AvgIpc) is 2.42. The zero-order chi connectivity index (χ0) is 15.1. The lowest BCUT2D eigenvalue weighted by atomic mass is 10.0. The highest BCUT2D eigenvalue weighted by atomic mass is 35.5. The number of nitrogens with zero attached hydrogens (tertiary/aromatic N) is 1. The van der Waals surface area contributed by atoms with Crippen molar-refractivity contribution in [2.45, 2.75) is 12.8 Å². The van der Waals surface area contributed by atoms with Crippen molar-refractivity contribution in [3.05, 3.63) is 45.5 Å². The molecule has 0 saturated heterocycles. The Morgan fingerprint density at radius 3 is 2.65 bits per heavy atom. The highest BCUT2D eigenvalue weighted by molar-refractivity contribution is 6.20. The number of hydrogen-bond acceptors (Lipinski definition) is 4. The van der Waals surface area contributed by atoms with Crippen molar-refractivity contribution in [2.24, 2.45) is 0 Å². The van der Waals surface area contributed by atoms with E-state index in [9.17, 15) is 19.7 Å². The highest BCUT2D eigenvalue weighted by Crippen LogP contribution is 2.17. The van der Waals surface area contributed by atoms with Crippen molar-refractivity contribution in [2.75, 3.05) is 5.88 Å². The fourth-order valence-corrected chi connectivity index (χ4v) is 1.65. The van der Waals surface area contributed by atoms with Gasteiger partial charge >= 0.3 is 5.97 Å². The van der Waals surface area contributed by atoms with Crippen molar-refractivity contribution in [1.29, 1.82) is 0 Å². The van der Waals surface area contributed by atoms with E-state index in [0.717, 1.165) is 6.08 Å². The largest absolute Gasteiger partial charge is 0.478 e. The number of halogens is 1. The van der Waals surface area contributed by atoms with Gasteiger partial charge in [-0.05, 0) is 18.1 Å². The molecular weight excluding hydrogens is 286 g/mol. The second-order valence-electron chi connectivity index (χ2n) is 3.93. The van der Waals surface area contributed by atoms with Gasteiger partial charge in [-0.2, -0.15) is 0 Å². The van der Waals surface area contributed by atoms with Crippen LogP contribution in [0.15, 0.2) is 29.8 Å². The molecule has 0 radical (unpaired) electrons. The molecule has 0 aliphatic rings. The first-order valence-electron chi connectivity index (χ1n) is 5.74. The quantitative estimate of drug-likeness (QED) is 0.208. The molecule has 20 heavy (non-hydrogen) atoms. The van der Waals surface area contributed by atoms with Gasteiger partial charge in [0.05, 0.1) is 4.92 Å². The zero-order valence-electron chi connectivity index (χ0n) is 10.4. The number of carboxylic acids is 1. The summed E-state index contributed by atoms with van der Waals surface area (Å²) in [7, 11) is 0. The third kappa shape index (κ3) is 4.47. The number of hydrogen-bond donors (Lipinski definition) is 1. The third-order valence-corrected chi connectivity index (χ3v) is 2.73. The Morgan fingerprint density at radius 2 is 2.10 bits per heavy atom. The molecule has 106 valence electrons. The number of carbonyl (C=O) groups is 2. The molecule has 1 aromatic carbocycles. The maximum atomic E-state index is 11.7. The monoisotopic (exact) mass is 297 g/mol. The van der Waals surface area contributed by atoms with E-state index in [1.807, 2.05) is 0 Å². The lowest BCUT2D eigenvalue weighted by Gasteiger charge is -2.01. The van der Waals surface area contributed by atoms with E-state index in [1.54, 1.807) is 0 Å². The zero-order valence-corrected chi connectivity index (χ0v) is 11.2. The van der Waals surface area contributed by atoms with Crippen LogP contribution in [-0.4, -0.2) is 27.7 Å². The van der Waals surface area contributed by atoms with Gasteiger partial charge in [0.2, 0.25) is 0 Å². The molecule has 0 unspecified atom stereocenters. The van der Waals surface area contributed by atoms with Gasteiger partial charge in [-0.25, -0.2) is 4.79 Å². The summed E-state index contributed by atoms with van der Waals surface area (Å²) in [5.41, 5.74) is -0.289. The third-order valence-electron chi connectivity index (χ3n) is 2.46. The van der Waals surface area contributed by atoms with E-state index >= 15 is 0 Å². The summed E-state index contributed by atoms with van der Waals surface area (Å²) in [6.45, 7) is 0. The number of Topliss-reactive ketones (excluding diaryl/α,β-unsaturated/α-hetero) is 1. The minimum Gasteiger partial charge on any atom is -0.478 e. The lowest BCUT2D eigenvalue weighted by molar-refractivity contribution is -0.384. The van der Waals surface area contributed by atoms with Crippen LogP contribution in [0.2, 0.25) is 0 Å². The molecule has 0 amide bonds. The van der Waals surface area contributed by atoms with E-state index in [2.05, 4.69) is 0 Å². The van der Waals surface area contributed by atoms with Crippen LogP contribution in [0, 0.1) is 10.1 Å². The summed E-state index contributed by atoms with van der Waals surface area (Å²) in [6, 6.07) is 5.41. The van der Waals surface area contributed by atoms with Crippen LogP contribution >= 0.6 is 11.6 Å². The van der Waals surface area contributed by atoms with Crippen LogP contribution in [-0.2, 0) is 9.59 Å². The van der Waals surface area contributed by atoms with Gasteiger partial charge in [0, 0.05) is 24.4 Å². The second-order valence-corrected chi connectivity index (χ2v) is 4.31. The lowest BCUT2D eigenvalue weighted by Crippen LogP contribution is -2.12. The van der Waals surface area contributed by atoms with E-state index in [1.165, 1.54) is 24.3 Å². The molecule has 0 aromatic heterocycles. The summed E-state index contributed by atoms with van der Waals surface area (Å²) >= 11 is 5.45. The molecule has 1 aromatic rings. The molecule has 0 heterocycles. The summed E-state index contributed by atoms with van der Waals surface area (Å²) < 4.78 is 0. The summed E-state index contributed by atoms with van der Waals surface area (Å²) in [5.74, 6) is -1.66. The van der Waals surface area contributed by atoms with Gasteiger partial charge < -0.3 is 5.11 Å². The Kier molecular flexibility index (Phi) is 5.86. The molecule has 0 saturated carbocycles. The molecule has 7 heteroatoms. The van der Waals surface area contributed by atoms with Crippen LogP contribution < -0.4 is 0 Å². The number of carboxylic acid groups (broad SMARTS) is 1. The number of benzene rings is 1. The Bertz CT molecular complexity index is 568. The molecule has 1 N–H and O–H groups in total. The normalized spacial score (nSPS) is 11.2. The van der Waals surface area contributed by atoms with Gasteiger partial charge in [0.25, 0.3) is 5.69 Å².